The van der Waals surface area contributed by atoms with Crippen molar-refractivity contribution in [2.45, 2.75) is 25.8 Å². The van der Waals surface area contributed by atoms with Crippen LogP contribution in [0.15, 0.2) is 36.7 Å². The Hall–Kier alpha value is -3.16. The molecular formula is C20H20FN5O2. The van der Waals surface area contributed by atoms with Gasteiger partial charge in [0, 0.05) is 18.3 Å². The van der Waals surface area contributed by atoms with Crippen LogP contribution >= 0.6 is 0 Å². The third-order valence-electron chi connectivity index (χ3n) is 5.43. The molecule has 7 nitrogen and oxygen atoms in total. The summed E-state index contributed by atoms with van der Waals surface area (Å²) in [4.78, 5) is 19.5. The van der Waals surface area contributed by atoms with Crippen molar-refractivity contribution >= 4 is 23.1 Å². The molecule has 2 aromatic heterocycles. The number of carbonyl (C=O) groups excluding carboxylic acids is 1. The van der Waals surface area contributed by atoms with Gasteiger partial charge < -0.3 is 15.0 Å². The van der Waals surface area contributed by atoms with Gasteiger partial charge in [-0.15, -0.1) is 0 Å². The number of nitrogens with one attached hydrogen (secondary N) is 1. The van der Waals surface area contributed by atoms with Gasteiger partial charge in [0.25, 0.3) is 0 Å². The number of anilines is 2. The molecule has 0 aliphatic carbocycles. The zero-order chi connectivity index (χ0) is 19.3. The summed E-state index contributed by atoms with van der Waals surface area (Å²) in [5, 5.41) is 7.16. The van der Waals surface area contributed by atoms with Crippen LogP contribution in [0.4, 0.5) is 15.9 Å². The molecular weight excluding hydrogens is 361 g/mol. The Bertz CT molecular complexity index is 1070. The zero-order valence-corrected chi connectivity index (χ0v) is 15.4. The van der Waals surface area contributed by atoms with Crippen molar-refractivity contribution in [2.75, 3.05) is 23.4 Å². The highest BCUT2D eigenvalue weighted by Gasteiger charge is 2.31. The number of amides is 1. The summed E-state index contributed by atoms with van der Waals surface area (Å²) in [6.45, 7) is 2.81. The highest BCUT2D eigenvalue weighted by Crippen LogP contribution is 2.40. The van der Waals surface area contributed by atoms with Gasteiger partial charge in [-0.3, -0.25) is 4.79 Å². The number of rotatable bonds is 0. The molecule has 4 heterocycles. The Balaban J connectivity index is 1.68. The second-order valence-electron chi connectivity index (χ2n) is 7.35. The van der Waals surface area contributed by atoms with Crippen LogP contribution in [-0.2, 0) is 4.79 Å². The maximum atomic E-state index is 14.1. The zero-order valence-electron chi connectivity index (χ0n) is 15.4. The van der Waals surface area contributed by atoms with Crippen LogP contribution in [0.5, 0.6) is 5.75 Å². The minimum absolute atomic E-state index is 0.0354. The van der Waals surface area contributed by atoms with E-state index in [2.05, 4.69) is 15.3 Å². The fourth-order valence-corrected chi connectivity index (χ4v) is 3.93. The monoisotopic (exact) mass is 381 g/mol. The summed E-state index contributed by atoms with van der Waals surface area (Å²) in [6.07, 6.45) is 5.29. The van der Waals surface area contributed by atoms with Crippen molar-refractivity contribution < 1.29 is 13.9 Å². The van der Waals surface area contributed by atoms with Crippen LogP contribution in [0.2, 0.25) is 0 Å². The third kappa shape index (κ3) is 2.76. The number of ether oxygens (including phenoxy) is 1. The lowest BCUT2D eigenvalue weighted by molar-refractivity contribution is -0.120. The second kappa shape index (κ2) is 6.47. The fourth-order valence-electron chi connectivity index (χ4n) is 3.93. The standard InChI is InChI=1S/C20H20FN5O2/c1-12-11-28-17-5-4-13(21)9-14(17)16-3-2-7-25(16)18-6-8-26-19(24-18)15(10-22-26)23-20(12)27/h4-6,8-10,12,16H,2-3,7,11H2,1H3,(H,23,27)/t12?,16-/m1/s1. The number of fused-ring (bicyclic) bond motifs is 5. The van der Waals surface area contributed by atoms with E-state index < -0.39 is 5.92 Å². The van der Waals surface area contributed by atoms with Gasteiger partial charge in [0.05, 0.1) is 24.8 Å². The lowest BCUT2D eigenvalue weighted by Crippen LogP contribution is -2.26. The van der Waals surface area contributed by atoms with Crippen LogP contribution in [0.3, 0.4) is 0 Å². The van der Waals surface area contributed by atoms with Crippen LogP contribution in [-0.4, -0.2) is 33.7 Å². The number of nitrogens with zero attached hydrogens (tertiary/aromatic N) is 4. The molecule has 2 aliphatic rings. The highest BCUT2D eigenvalue weighted by atomic mass is 19.1. The molecule has 28 heavy (non-hydrogen) atoms. The molecule has 2 aliphatic heterocycles. The maximum absolute atomic E-state index is 14.1. The molecule has 0 spiro atoms. The summed E-state index contributed by atoms with van der Waals surface area (Å²) in [5.74, 6) is 0.516. The first kappa shape index (κ1) is 17.0. The topological polar surface area (TPSA) is 71.8 Å². The molecule has 0 saturated carbocycles. The predicted octanol–water partition coefficient (Wildman–Crippen LogP) is 3.18. The van der Waals surface area contributed by atoms with Gasteiger partial charge in [0.15, 0.2) is 5.65 Å². The summed E-state index contributed by atoms with van der Waals surface area (Å²) in [6, 6.07) is 6.43. The third-order valence-corrected chi connectivity index (χ3v) is 5.43. The summed E-state index contributed by atoms with van der Waals surface area (Å²) in [7, 11) is 0. The van der Waals surface area contributed by atoms with Crippen LogP contribution in [0.1, 0.15) is 31.4 Å². The summed E-state index contributed by atoms with van der Waals surface area (Å²) >= 11 is 0. The van der Waals surface area contributed by atoms with E-state index in [4.69, 9.17) is 9.72 Å². The molecule has 1 N–H and O–H groups in total. The lowest BCUT2D eigenvalue weighted by Gasteiger charge is -2.27. The van der Waals surface area contributed by atoms with E-state index in [0.717, 1.165) is 30.8 Å². The Morgan fingerprint density at radius 2 is 2.21 bits per heavy atom. The number of hydrogen-bond donors (Lipinski definition) is 1. The van der Waals surface area contributed by atoms with E-state index in [1.54, 1.807) is 23.7 Å². The molecule has 2 bridgehead atoms. The predicted molar refractivity (Wildman–Crippen MR) is 102 cm³/mol. The van der Waals surface area contributed by atoms with Crippen molar-refractivity contribution in [3.63, 3.8) is 0 Å². The van der Waals surface area contributed by atoms with Gasteiger partial charge >= 0.3 is 0 Å². The highest BCUT2D eigenvalue weighted by molar-refractivity contribution is 5.95. The minimum atomic E-state index is -0.392. The van der Waals surface area contributed by atoms with Crippen molar-refractivity contribution in [3.05, 3.63) is 48.0 Å². The van der Waals surface area contributed by atoms with Crippen LogP contribution in [0.25, 0.3) is 5.65 Å². The number of aromatic nitrogens is 3. The Morgan fingerprint density at radius 1 is 1.32 bits per heavy atom. The number of hydrogen-bond acceptors (Lipinski definition) is 5. The van der Waals surface area contributed by atoms with Crippen molar-refractivity contribution in [3.8, 4) is 5.75 Å². The quantitative estimate of drug-likeness (QED) is 0.648. The Kier molecular flexibility index (Phi) is 3.92. The molecule has 144 valence electrons. The minimum Gasteiger partial charge on any atom is -0.492 e. The average Bonchev–Trinajstić information content (AvgIpc) is 3.33. The van der Waals surface area contributed by atoms with E-state index in [1.165, 1.54) is 12.1 Å². The molecule has 1 aromatic carbocycles. The molecule has 3 aromatic rings. The van der Waals surface area contributed by atoms with Crippen molar-refractivity contribution in [2.24, 2.45) is 5.92 Å². The first-order valence-electron chi connectivity index (χ1n) is 9.44. The molecule has 1 saturated heterocycles. The normalized spacial score (nSPS) is 21.9. The SMILES string of the molecule is CC1COc2ccc(F)cc2[C@H]2CCCN2c2ccn3ncc(c3n2)NC1=O. The summed E-state index contributed by atoms with van der Waals surface area (Å²) in [5.41, 5.74) is 1.94. The van der Waals surface area contributed by atoms with Gasteiger partial charge in [-0.25, -0.2) is 13.9 Å². The van der Waals surface area contributed by atoms with E-state index in [-0.39, 0.29) is 24.4 Å². The van der Waals surface area contributed by atoms with Gasteiger partial charge in [0.1, 0.15) is 23.1 Å². The lowest BCUT2D eigenvalue weighted by atomic mass is 10.0. The van der Waals surface area contributed by atoms with Gasteiger partial charge in [-0.1, -0.05) is 6.92 Å². The molecule has 1 amide bonds. The molecule has 5 rings (SSSR count). The van der Waals surface area contributed by atoms with E-state index >= 15 is 0 Å². The first-order chi connectivity index (χ1) is 13.6. The Morgan fingerprint density at radius 3 is 3.11 bits per heavy atom. The van der Waals surface area contributed by atoms with Crippen molar-refractivity contribution in [1.82, 2.24) is 14.6 Å². The fraction of sp³-hybridized carbons (Fsp3) is 0.350. The number of benzene rings is 1. The largest absolute Gasteiger partial charge is 0.492 e. The number of carbonyl (C=O) groups is 1. The maximum Gasteiger partial charge on any atom is 0.230 e. The second-order valence-corrected chi connectivity index (χ2v) is 7.35. The molecule has 1 unspecified atom stereocenters. The summed E-state index contributed by atoms with van der Waals surface area (Å²) < 4.78 is 21.7. The van der Waals surface area contributed by atoms with Gasteiger partial charge in [0.2, 0.25) is 5.91 Å². The van der Waals surface area contributed by atoms with Gasteiger partial charge in [-0.2, -0.15) is 5.10 Å². The van der Waals surface area contributed by atoms with Gasteiger partial charge in [-0.05, 0) is 37.1 Å². The molecule has 1 fully saturated rings. The first-order valence-corrected chi connectivity index (χ1v) is 9.44. The van der Waals surface area contributed by atoms with Crippen LogP contribution < -0.4 is 15.0 Å². The smallest absolute Gasteiger partial charge is 0.230 e. The molecule has 8 heteroatoms. The molecule has 0 radical (unpaired) electrons. The van der Waals surface area contributed by atoms with Crippen molar-refractivity contribution in [1.29, 1.82) is 0 Å². The van der Waals surface area contributed by atoms with E-state index in [9.17, 15) is 9.18 Å². The van der Waals surface area contributed by atoms with E-state index in [1.807, 2.05) is 12.3 Å². The van der Waals surface area contributed by atoms with E-state index in [0.29, 0.717) is 17.1 Å². The van der Waals surface area contributed by atoms with Crippen LogP contribution in [0, 0.1) is 11.7 Å². The molecule has 2 atom stereocenters. The number of halogens is 1. The average molecular weight is 381 g/mol. The Labute approximate surface area is 161 Å².